The van der Waals surface area contributed by atoms with Crippen molar-refractivity contribution in [2.75, 3.05) is 10.6 Å². The molecule has 35 heavy (non-hydrogen) atoms. The van der Waals surface area contributed by atoms with Gasteiger partial charge in [-0.15, -0.1) is 0 Å². The number of para-hydroxylation sites is 3. The number of nitrogens with one attached hydrogen (secondary N) is 2. The number of hydrogen-bond donors (Lipinski definition) is 2. The van der Waals surface area contributed by atoms with Gasteiger partial charge in [-0.2, -0.15) is 0 Å². The summed E-state index contributed by atoms with van der Waals surface area (Å²) in [5.74, 6) is -0.529. The number of carbonyl (C=O) groups is 2. The Hall–Kier alpha value is -4.26. The second-order valence-corrected chi connectivity index (χ2v) is 8.51. The molecule has 4 aromatic rings. The highest BCUT2D eigenvalue weighted by atomic mass is 16.2. The van der Waals surface area contributed by atoms with E-state index in [1.807, 2.05) is 57.2 Å². The van der Waals surface area contributed by atoms with Crippen LogP contribution in [0.2, 0.25) is 0 Å². The van der Waals surface area contributed by atoms with Crippen molar-refractivity contribution >= 4 is 34.2 Å². The SMILES string of the molecule is CCC(C(=O)Nc1cccc(C)c1C)n1c(=O)c(-c2ccccc2NC(C)=O)nc2ccccc21. The Labute approximate surface area is 203 Å². The van der Waals surface area contributed by atoms with Crippen LogP contribution in [0.3, 0.4) is 0 Å². The number of benzene rings is 3. The largest absolute Gasteiger partial charge is 0.326 e. The molecule has 0 saturated carbocycles. The van der Waals surface area contributed by atoms with Crippen LogP contribution in [0.25, 0.3) is 22.3 Å². The molecule has 0 bridgehead atoms. The summed E-state index contributed by atoms with van der Waals surface area (Å²) < 4.78 is 1.52. The standard InChI is InChI=1S/C28H28N4O3/c1-5-24(27(34)31-21-15-10-11-17(2)18(21)3)32-25-16-9-8-14-23(25)30-26(28(32)35)20-12-6-7-13-22(20)29-19(4)33/h6-16,24H,5H2,1-4H3,(H,29,33)(H,31,34). The smallest absolute Gasteiger partial charge is 0.278 e. The molecule has 1 heterocycles. The zero-order valence-electron chi connectivity index (χ0n) is 20.3. The minimum atomic E-state index is -0.762. The molecule has 7 heteroatoms. The van der Waals surface area contributed by atoms with Crippen LogP contribution < -0.4 is 16.2 Å². The molecule has 0 radical (unpaired) electrons. The maximum Gasteiger partial charge on any atom is 0.278 e. The van der Waals surface area contributed by atoms with Gasteiger partial charge in [0.1, 0.15) is 11.7 Å². The first-order chi connectivity index (χ1) is 16.8. The summed E-state index contributed by atoms with van der Waals surface area (Å²) in [6, 6.07) is 19.3. The first-order valence-corrected chi connectivity index (χ1v) is 11.6. The highest BCUT2D eigenvalue weighted by molar-refractivity contribution is 5.96. The first kappa shape index (κ1) is 23.9. The van der Waals surface area contributed by atoms with Crippen LogP contribution in [0.15, 0.2) is 71.5 Å². The van der Waals surface area contributed by atoms with Crippen LogP contribution in [0, 0.1) is 13.8 Å². The zero-order valence-corrected chi connectivity index (χ0v) is 20.3. The van der Waals surface area contributed by atoms with Crippen molar-refractivity contribution in [3.8, 4) is 11.3 Å². The van der Waals surface area contributed by atoms with E-state index in [0.29, 0.717) is 28.7 Å². The van der Waals surface area contributed by atoms with Crippen molar-refractivity contribution in [3.63, 3.8) is 0 Å². The number of nitrogens with zero attached hydrogens (tertiary/aromatic N) is 2. The van der Waals surface area contributed by atoms with E-state index < -0.39 is 11.6 Å². The van der Waals surface area contributed by atoms with Crippen LogP contribution in [-0.4, -0.2) is 21.4 Å². The molecule has 0 spiro atoms. The van der Waals surface area contributed by atoms with Crippen molar-refractivity contribution in [1.82, 2.24) is 9.55 Å². The van der Waals surface area contributed by atoms with E-state index in [1.54, 1.807) is 30.3 Å². The van der Waals surface area contributed by atoms with Crippen molar-refractivity contribution < 1.29 is 9.59 Å². The summed E-state index contributed by atoms with van der Waals surface area (Å²) in [5, 5.41) is 5.78. The number of amides is 2. The summed E-state index contributed by atoms with van der Waals surface area (Å²) in [5.41, 5.74) is 4.67. The molecule has 0 aliphatic heterocycles. The van der Waals surface area contributed by atoms with E-state index >= 15 is 0 Å². The molecule has 0 aliphatic rings. The first-order valence-electron chi connectivity index (χ1n) is 11.6. The van der Waals surface area contributed by atoms with Crippen molar-refractivity contribution in [1.29, 1.82) is 0 Å². The van der Waals surface area contributed by atoms with Gasteiger partial charge < -0.3 is 10.6 Å². The lowest BCUT2D eigenvalue weighted by atomic mass is 10.1. The monoisotopic (exact) mass is 468 g/mol. The number of carbonyl (C=O) groups excluding carboxylic acids is 2. The van der Waals surface area contributed by atoms with Crippen LogP contribution in [-0.2, 0) is 9.59 Å². The average Bonchev–Trinajstić information content (AvgIpc) is 2.83. The Morgan fingerprint density at radius 3 is 2.34 bits per heavy atom. The molecule has 1 aromatic heterocycles. The lowest BCUT2D eigenvalue weighted by Gasteiger charge is -2.22. The van der Waals surface area contributed by atoms with E-state index in [9.17, 15) is 14.4 Å². The van der Waals surface area contributed by atoms with Gasteiger partial charge >= 0.3 is 0 Å². The molecular weight excluding hydrogens is 440 g/mol. The van der Waals surface area contributed by atoms with Gasteiger partial charge in [-0.1, -0.05) is 49.4 Å². The fourth-order valence-electron chi connectivity index (χ4n) is 4.22. The van der Waals surface area contributed by atoms with E-state index in [0.717, 1.165) is 16.8 Å². The van der Waals surface area contributed by atoms with Crippen molar-refractivity contribution in [2.45, 2.75) is 40.2 Å². The second-order valence-electron chi connectivity index (χ2n) is 8.51. The number of aromatic nitrogens is 2. The third-order valence-corrected chi connectivity index (χ3v) is 6.15. The van der Waals surface area contributed by atoms with Crippen molar-refractivity contribution in [2.24, 2.45) is 0 Å². The topological polar surface area (TPSA) is 93.1 Å². The third kappa shape index (κ3) is 4.71. The molecule has 7 nitrogen and oxygen atoms in total. The molecular formula is C28H28N4O3. The van der Waals surface area contributed by atoms with E-state index in [-0.39, 0.29) is 17.5 Å². The molecule has 3 aromatic carbocycles. The minimum absolute atomic E-state index is 0.172. The number of anilines is 2. The Bertz CT molecular complexity index is 1490. The molecule has 0 saturated heterocycles. The second kappa shape index (κ2) is 9.93. The molecule has 1 atom stereocenters. The third-order valence-electron chi connectivity index (χ3n) is 6.15. The van der Waals surface area contributed by atoms with Gasteiger partial charge in [0.15, 0.2) is 0 Å². The van der Waals surface area contributed by atoms with Crippen LogP contribution in [0.5, 0.6) is 0 Å². The lowest BCUT2D eigenvalue weighted by molar-refractivity contribution is -0.119. The van der Waals surface area contributed by atoms with E-state index in [1.165, 1.54) is 11.5 Å². The minimum Gasteiger partial charge on any atom is -0.326 e. The molecule has 4 rings (SSSR count). The summed E-state index contributed by atoms with van der Waals surface area (Å²) >= 11 is 0. The number of aryl methyl sites for hydroxylation is 1. The van der Waals surface area contributed by atoms with Gasteiger partial charge in [0.25, 0.3) is 5.56 Å². The molecule has 0 aliphatic carbocycles. The molecule has 0 fully saturated rings. The van der Waals surface area contributed by atoms with Crippen LogP contribution >= 0.6 is 0 Å². The highest BCUT2D eigenvalue weighted by Crippen LogP contribution is 2.28. The fraction of sp³-hybridized carbons (Fsp3) is 0.214. The van der Waals surface area contributed by atoms with Crippen LogP contribution in [0.4, 0.5) is 11.4 Å². The van der Waals surface area contributed by atoms with E-state index in [2.05, 4.69) is 15.6 Å². The van der Waals surface area contributed by atoms with Gasteiger partial charge in [-0.05, 0) is 55.7 Å². The predicted molar refractivity (Wildman–Crippen MR) is 140 cm³/mol. The number of rotatable bonds is 6. The summed E-state index contributed by atoms with van der Waals surface area (Å²) in [4.78, 5) is 43.8. The van der Waals surface area contributed by atoms with Gasteiger partial charge in [0.2, 0.25) is 11.8 Å². The van der Waals surface area contributed by atoms with Crippen LogP contribution in [0.1, 0.15) is 37.4 Å². The summed E-state index contributed by atoms with van der Waals surface area (Å²) in [6.07, 6.45) is 0.400. The summed E-state index contributed by atoms with van der Waals surface area (Å²) in [6.45, 7) is 7.23. The average molecular weight is 469 g/mol. The fourth-order valence-corrected chi connectivity index (χ4v) is 4.22. The Morgan fingerprint density at radius 2 is 1.60 bits per heavy atom. The summed E-state index contributed by atoms with van der Waals surface area (Å²) in [7, 11) is 0. The predicted octanol–water partition coefficient (Wildman–Crippen LogP) is 5.23. The molecule has 2 amide bonds. The Kier molecular flexibility index (Phi) is 6.78. The van der Waals surface area contributed by atoms with Gasteiger partial charge in [-0.25, -0.2) is 4.98 Å². The van der Waals surface area contributed by atoms with Gasteiger partial charge in [0, 0.05) is 18.2 Å². The lowest BCUT2D eigenvalue weighted by Crippen LogP contribution is -2.35. The number of fused-ring (bicyclic) bond motifs is 1. The van der Waals surface area contributed by atoms with Gasteiger partial charge in [-0.3, -0.25) is 19.0 Å². The normalized spacial score (nSPS) is 11.8. The molecule has 178 valence electrons. The molecule has 2 N–H and O–H groups in total. The van der Waals surface area contributed by atoms with Crippen molar-refractivity contribution in [3.05, 3.63) is 88.2 Å². The Balaban J connectivity index is 1.89. The van der Waals surface area contributed by atoms with Gasteiger partial charge in [0.05, 0.1) is 16.7 Å². The highest BCUT2D eigenvalue weighted by Gasteiger charge is 2.25. The zero-order chi connectivity index (χ0) is 25.1. The Morgan fingerprint density at radius 1 is 0.914 bits per heavy atom. The number of hydrogen-bond acceptors (Lipinski definition) is 4. The quantitative estimate of drug-likeness (QED) is 0.405. The maximum absolute atomic E-state index is 13.9. The van der Waals surface area contributed by atoms with E-state index in [4.69, 9.17) is 0 Å². The molecule has 1 unspecified atom stereocenters. The maximum atomic E-state index is 13.9.